The maximum Gasteiger partial charge on any atom is 0.254 e. The first-order chi connectivity index (χ1) is 9.63. The normalized spacial score (nSPS) is 16.2. The average molecular weight is 278 g/mol. The van der Waals surface area contributed by atoms with Crippen LogP contribution < -0.4 is 10.5 Å². The molecular weight excluding hydrogens is 256 g/mol. The van der Waals surface area contributed by atoms with Crippen molar-refractivity contribution in [2.45, 2.75) is 25.9 Å². The highest BCUT2D eigenvalue weighted by atomic mass is 16.5. The van der Waals surface area contributed by atoms with Gasteiger partial charge in [-0.3, -0.25) is 4.79 Å². The Labute approximate surface area is 119 Å². The van der Waals surface area contributed by atoms with Crippen molar-refractivity contribution in [3.63, 3.8) is 0 Å². The van der Waals surface area contributed by atoms with Crippen molar-refractivity contribution in [1.29, 1.82) is 0 Å². The fourth-order valence-electron chi connectivity index (χ4n) is 2.51. The second-order valence-electron chi connectivity index (χ2n) is 4.94. The van der Waals surface area contributed by atoms with Crippen LogP contribution >= 0.6 is 0 Å². The van der Waals surface area contributed by atoms with E-state index in [4.69, 9.17) is 15.2 Å². The number of rotatable bonds is 4. The van der Waals surface area contributed by atoms with Crippen LogP contribution in [0.1, 0.15) is 30.1 Å². The Hall–Kier alpha value is -1.75. The molecule has 1 aliphatic heterocycles. The molecule has 1 aromatic carbocycles. The summed E-state index contributed by atoms with van der Waals surface area (Å²) in [5, 5.41) is 0. The number of ether oxygens (including phenoxy) is 2. The van der Waals surface area contributed by atoms with E-state index in [0.29, 0.717) is 17.0 Å². The molecule has 2 rings (SSSR count). The van der Waals surface area contributed by atoms with Crippen molar-refractivity contribution in [3.8, 4) is 5.75 Å². The number of likely N-dealkylation sites (tertiary alicyclic amines) is 1. The molecule has 0 spiro atoms. The Balaban J connectivity index is 2.03. The molecule has 1 aromatic rings. The van der Waals surface area contributed by atoms with E-state index in [1.807, 2.05) is 11.8 Å². The summed E-state index contributed by atoms with van der Waals surface area (Å²) in [5.41, 5.74) is 6.91. The molecule has 0 atom stereocenters. The molecule has 5 heteroatoms. The van der Waals surface area contributed by atoms with Gasteiger partial charge in [0.1, 0.15) is 5.75 Å². The molecule has 1 fully saturated rings. The molecule has 0 aliphatic carbocycles. The predicted molar refractivity (Wildman–Crippen MR) is 78.0 cm³/mol. The lowest BCUT2D eigenvalue weighted by Crippen LogP contribution is -2.40. The van der Waals surface area contributed by atoms with Crippen molar-refractivity contribution in [1.82, 2.24) is 4.90 Å². The summed E-state index contributed by atoms with van der Waals surface area (Å²) >= 11 is 0. The van der Waals surface area contributed by atoms with Gasteiger partial charge in [0.05, 0.1) is 13.2 Å². The van der Waals surface area contributed by atoms with Gasteiger partial charge >= 0.3 is 0 Å². The first-order valence-corrected chi connectivity index (χ1v) is 6.99. The fraction of sp³-hybridized carbons (Fsp3) is 0.533. The summed E-state index contributed by atoms with van der Waals surface area (Å²) < 4.78 is 10.7. The first-order valence-electron chi connectivity index (χ1n) is 6.99. The number of benzene rings is 1. The first kappa shape index (κ1) is 14.7. The SMILES string of the molecule is CCOC1CCN(C(=O)c2cc(N)cc(OC)c2)CC1. The highest BCUT2D eigenvalue weighted by Crippen LogP contribution is 2.22. The van der Waals surface area contributed by atoms with Crippen molar-refractivity contribution >= 4 is 11.6 Å². The third-order valence-electron chi connectivity index (χ3n) is 3.54. The summed E-state index contributed by atoms with van der Waals surface area (Å²) in [6.07, 6.45) is 2.05. The molecule has 2 N–H and O–H groups in total. The topological polar surface area (TPSA) is 64.8 Å². The molecule has 20 heavy (non-hydrogen) atoms. The molecule has 1 saturated heterocycles. The van der Waals surface area contributed by atoms with Gasteiger partial charge in [-0.1, -0.05) is 0 Å². The molecular formula is C15H22N2O3. The lowest BCUT2D eigenvalue weighted by molar-refractivity contribution is 0.0146. The van der Waals surface area contributed by atoms with Gasteiger partial charge in [-0.25, -0.2) is 0 Å². The number of anilines is 1. The molecule has 1 amide bonds. The standard InChI is InChI=1S/C15H22N2O3/c1-3-20-13-4-6-17(7-5-13)15(18)11-8-12(16)10-14(9-11)19-2/h8-10,13H,3-7,16H2,1-2H3. The van der Waals surface area contributed by atoms with Gasteiger partial charge < -0.3 is 20.1 Å². The van der Waals surface area contributed by atoms with Crippen LogP contribution in [0.3, 0.4) is 0 Å². The molecule has 1 heterocycles. The third kappa shape index (κ3) is 3.42. The zero-order valence-corrected chi connectivity index (χ0v) is 12.1. The predicted octanol–water partition coefficient (Wildman–Crippen LogP) is 1.92. The lowest BCUT2D eigenvalue weighted by atomic mass is 10.1. The zero-order valence-electron chi connectivity index (χ0n) is 12.1. The Morgan fingerprint density at radius 3 is 2.65 bits per heavy atom. The Kier molecular flexibility index (Phi) is 4.84. The Morgan fingerprint density at radius 2 is 2.05 bits per heavy atom. The minimum atomic E-state index is 0.00514. The van der Waals surface area contributed by atoms with Gasteiger partial charge in [0.25, 0.3) is 5.91 Å². The number of nitrogen functional groups attached to an aromatic ring is 1. The second-order valence-corrected chi connectivity index (χ2v) is 4.94. The summed E-state index contributed by atoms with van der Waals surface area (Å²) in [7, 11) is 1.57. The molecule has 0 unspecified atom stereocenters. The summed E-state index contributed by atoms with van der Waals surface area (Å²) in [4.78, 5) is 14.3. The Bertz CT molecular complexity index is 468. The molecule has 5 nitrogen and oxygen atoms in total. The van der Waals surface area contributed by atoms with Gasteiger partial charge in [-0.15, -0.1) is 0 Å². The molecule has 1 aliphatic rings. The highest BCUT2D eigenvalue weighted by Gasteiger charge is 2.24. The van der Waals surface area contributed by atoms with Crippen LogP contribution in [0.4, 0.5) is 5.69 Å². The Morgan fingerprint density at radius 1 is 1.35 bits per heavy atom. The average Bonchev–Trinajstić information content (AvgIpc) is 2.47. The number of hydrogen-bond acceptors (Lipinski definition) is 4. The van der Waals surface area contributed by atoms with Gasteiger partial charge in [0.15, 0.2) is 0 Å². The maximum atomic E-state index is 12.5. The van der Waals surface area contributed by atoms with Crippen molar-refractivity contribution in [2.24, 2.45) is 0 Å². The van der Waals surface area contributed by atoms with E-state index >= 15 is 0 Å². The molecule has 0 radical (unpaired) electrons. The van der Waals surface area contributed by atoms with E-state index in [9.17, 15) is 4.79 Å². The van der Waals surface area contributed by atoms with Crippen LogP contribution in [-0.4, -0.2) is 43.7 Å². The monoisotopic (exact) mass is 278 g/mol. The minimum Gasteiger partial charge on any atom is -0.497 e. The quantitative estimate of drug-likeness (QED) is 0.855. The molecule has 0 aromatic heterocycles. The van der Waals surface area contributed by atoms with Crippen LogP contribution in [0.5, 0.6) is 5.75 Å². The number of amides is 1. The van der Waals surface area contributed by atoms with Crippen LogP contribution in [-0.2, 0) is 4.74 Å². The van der Waals surface area contributed by atoms with E-state index in [2.05, 4.69) is 0 Å². The van der Waals surface area contributed by atoms with E-state index in [0.717, 1.165) is 32.5 Å². The van der Waals surface area contributed by atoms with Gasteiger partial charge in [-0.05, 0) is 31.9 Å². The smallest absolute Gasteiger partial charge is 0.254 e. The number of piperidine rings is 1. The number of nitrogens with two attached hydrogens (primary N) is 1. The van der Waals surface area contributed by atoms with Crippen molar-refractivity contribution < 1.29 is 14.3 Å². The number of methoxy groups -OCH3 is 1. The number of carbonyl (C=O) groups excluding carboxylic acids is 1. The zero-order chi connectivity index (χ0) is 14.5. The fourth-order valence-corrected chi connectivity index (χ4v) is 2.51. The van der Waals surface area contributed by atoms with Crippen molar-refractivity contribution in [3.05, 3.63) is 23.8 Å². The van der Waals surface area contributed by atoms with Crippen LogP contribution in [0.15, 0.2) is 18.2 Å². The van der Waals surface area contributed by atoms with Gasteiger partial charge in [0, 0.05) is 37.0 Å². The second kappa shape index (κ2) is 6.61. The number of nitrogens with zero attached hydrogens (tertiary/aromatic N) is 1. The maximum absolute atomic E-state index is 12.5. The minimum absolute atomic E-state index is 0.00514. The van der Waals surface area contributed by atoms with E-state index < -0.39 is 0 Å². The molecule has 110 valence electrons. The van der Waals surface area contributed by atoms with Gasteiger partial charge in [-0.2, -0.15) is 0 Å². The largest absolute Gasteiger partial charge is 0.497 e. The summed E-state index contributed by atoms with van der Waals surface area (Å²) in [6, 6.07) is 5.13. The number of hydrogen-bond donors (Lipinski definition) is 1. The van der Waals surface area contributed by atoms with Crippen LogP contribution in [0.2, 0.25) is 0 Å². The van der Waals surface area contributed by atoms with E-state index in [1.54, 1.807) is 25.3 Å². The highest BCUT2D eigenvalue weighted by molar-refractivity contribution is 5.95. The summed E-state index contributed by atoms with van der Waals surface area (Å²) in [6.45, 7) is 4.17. The van der Waals surface area contributed by atoms with E-state index in [-0.39, 0.29) is 12.0 Å². The molecule has 0 saturated carbocycles. The summed E-state index contributed by atoms with van der Waals surface area (Å²) in [5.74, 6) is 0.614. The van der Waals surface area contributed by atoms with Gasteiger partial charge in [0.2, 0.25) is 0 Å². The van der Waals surface area contributed by atoms with Crippen molar-refractivity contribution in [2.75, 3.05) is 32.5 Å². The molecule has 0 bridgehead atoms. The lowest BCUT2D eigenvalue weighted by Gasteiger charge is -2.32. The van der Waals surface area contributed by atoms with Crippen LogP contribution in [0.25, 0.3) is 0 Å². The van der Waals surface area contributed by atoms with E-state index in [1.165, 1.54) is 0 Å². The number of carbonyl (C=O) groups is 1. The third-order valence-corrected chi connectivity index (χ3v) is 3.54. The van der Waals surface area contributed by atoms with Crippen LogP contribution in [0, 0.1) is 0 Å².